The number of hydrogen-bond acceptors (Lipinski definition) is 2. The predicted octanol–water partition coefficient (Wildman–Crippen LogP) is 2.61. The summed E-state index contributed by atoms with van der Waals surface area (Å²) in [7, 11) is 0. The van der Waals surface area contributed by atoms with Gasteiger partial charge < -0.3 is 4.90 Å². The van der Waals surface area contributed by atoms with Gasteiger partial charge in [-0.05, 0) is 18.4 Å². The minimum Gasteiger partial charge on any atom is -0.338 e. The van der Waals surface area contributed by atoms with E-state index in [2.05, 4.69) is 15.9 Å². The number of carbonyl (C=O) groups is 1. The van der Waals surface area contributed by atoms with Crippen molar-refractivity contribution in [3.63, 3.8) is 0 Å². The molecule has 0 aliphatic carbocycles. The van der Waals surface area contributed by atoms with Crippen molar-refractivity contribution in [2.75, 3.05) is 18.4 Å². The Bertz CT molecular complexity index is 261. The summed E-state index contributed by atoms with van der Waals surface area (Å²) in [6.45, 7) is 3.53. The molecule has 0 radical (unpaired) electrons. The quantitative estimate of drug-likeness (QED) is 0.764. The molecule has 1 aromatic rings. The number of alkyl halides is 1. The van der Waals surface area contributed by atoms with Crippen molar-refractivity contribution in [2.45, 2.75) is 6.92 Å². The van der Waals surface area contributed by atoms with Gasteiger partial charge in [-0.25, -0.2) is 0 Å². The van der Waals surface area contributed by atoms with E-state index in [0.29, 0.717) is 0 Å². The molecule has 0 N–H and O–H groups in total. The van der Waals surface area contributed by atoms with Crippen LogP contribution in [0.5, 0.6) is 0 Å². The topological polar surface area (TPSA) is 20.3 Å². The van der Waals surface area contributed by atoms with Crippen molar-refractivity contribution in [2.24, 2.45) is 0 Å². The van der Waals surface area contributed by atoms with Gasteiger partial charge in [-0.3, -0.25) is 4.79 Å². The van der Waals surface area contributed by atoms with Gasteiger partial charge in [0.25, 0.3) is 5.91 Å². The first-order chi connectivity index (χ1) is 6.29. The molecule has 0 aliphatic rings. The Morgan fingerprint density at radius 2 is 2.46 bits per heavy atom. The molecule has 1 rings (SSSR count). The monoisotopic (exact) mass is 261 g/mol. The Morgan fingerprint density at radius 3 is 2.92 bits per heavy atom. The molecule has 1 aromatic heterocycles. The van der Waals surface area contributed by atoms with E-state index >= 15 is 0 Å². The zero-order valence-electron chi connectivity index (χ0n) is 7.50. The molecule has 13 heavy (non-hydrogen) atoms. The van der Waals surface area contributed by atoms with E-state index < -0.39 is 0 Å². The van der Waals surface area contributed by atoms with Gasteiger partial charge in [0.05, 0.1) is 5.56 Å². The molecule has 0 atom stereocenters. The highest BCUT2D eigenvalue weighted by atomic mass is 79.9. The second kappa shape index (κ2) is 5.40. The van der Waals surface area contributed by atoms with Crippen LogP contribution in [0.1, 0.15) is 17.3 Å². The van der Waals surface area contributed by atoms with Crippen molar-refractivity contribution >= 4 is 33.2 Å². The van der Waals surface area contributed by atoms with Crippen molar-refractivity contribution < 1.29 is 4.79 Å². The third-order valence-corrected chi connectivity index (χ3v) is 2.83. The number of carbonyl (C=O) groups excluding carboxylic acids is 1. The Balaban J connectivity index is 2.65. The molecule has 0 bridgehead atoms. The lowest BCUT2D eigenvalue weighted by Gasteiger charge is -2.18. The normalized spacial score (nSPS) is 10.0. The summed E-state index contributed by atoms with van der Waals surface area (Å²) in [5, 5.41) is 4.64. The van der Waals surface area contributed by atoms with Gasteiger partial charge >= 0.3 is 0 Å². The summed E-state index contributed by atoms with van der Waals surface area (Å²) in [6.07, 6.45) is 0. The fourth-order valence-corrected chi connectivity index (χ4v) is 2.13. The van der Waals surface area contributed by atoms with Gasteiger partial charge in [-0.2, -0.15) is 11.3 Å². The lowest BCUT2D eigenvalue weighted by molar-refractivity contribution is 0.0775. The molecule has 72 valence electrons. The average molecular weight is 262 g/mol. The first-order valence-electron chi connectivity index (χ1n) is 4.17. The Labute approximate surface area is 90.7 Å². The van der Waals surface area contributed by atoms with Crippen LogP contribution in [0.15, 0.2) is 16.8 Å². The zero-order chi connectivity index (χ0) is 9.68. The largest absolute Gasteiger partial charge is 0.338 e. The highest BCUT2D eigenvalue weighted by molar-refractivity contribution is 9.09. The van der Waals surface area contributed by atoms with Crippen molar-refractivity contribution in [1.29, 1.82) is 0 Å². The maximum absolute atomic E-state index is 11.7. The number of nitrogens with zero attached hydrogens (tertiary/aromatic N) is 1. The van der Waals surface area contributed by atoms with E-state index in [-0.39, 0.29) is 5.91 Å². The van der Waals surface area contributed by atoms with Crippen LogP contribution in [-0.4, -0.2) is 29.2 Å². The lowest BCUT2D eigenvalue weighted by atomic mass is 10.3. The summed E-state index contributed by atoms with van der Waals surface area (Å²) >= 11 is 4.89. The molecular weight excluding hydrogens is 250 g/mol. The molecule has 1 heterocycles. The van der Waals surface area contributed by atoms with E-state index in [9.17, 15) is 4.79 Å². The van der Waals surface area contributed by atoms with Crippen LogP contribution in [0.3, 0.4) is 0 Å². The van der Waals surface area contributed by atoms with Gasteiger partial charge in [-0.15, -0.1) is 0 Å². The van der Waals surface area contributed by atoms with Gasteiger partial charge in [0.1, 0.15) is 0 Å². The molecule has 0 saturated carbocycles. The highest BCUT2D eigenvalue weighted by Gasteiger charge is 2.12. The minimum absolute atomic E-state index is 0.128. The molecule has 2 nitrogen and oxygen atoms in total. The third-order valence-electron chi connectivity index (χ3n) is 1.79. The van der Waals surface area contributed by atoms with Crippen molar-refractivity contribution in [3.05, 3.63) is 22.4 Å². The first kappa shape index (κ1) is 10.7. The summed E-state index contributed by atoms with van der Waals surface area (Å²) < 4.78 is 0. The van der Waals surface area contributed by atoms with Crippen LogP contribution in [-0.2, 0) is 0 Å². The molecule has 0 spiro atoms. The maximum atomic E-state index is 11.7. The number of amides is 1. The molecule has 0 unspecified atom stereocenters. The molecule has 4 heteroatoms. The van der Waals surface area contributed by atoms with Gasteiger partial charge in [0.2, 0.25) is 0 Å². The summed E-state index contributed by atoms with van der Waals surface area (Å²) in [5.74, 6) is 0.128. The molecule has 1 amide bonds. The Kier molecular flexibility index (Phi) is 4.45. The lowest BCUT2D eigenvalue weighted by Crippen LogP contribution is -2.32. The SMILES string of the molecule is CCN(CCBr)C(=O)c1ccsc1. The highest BCUT2D eigenvalue weighted by Crippen LogP contribution is 2.09. The van der Waals surface area contributed by atoms with Crippen molar-refractivity contribution in [3.8, 4) is 0 Å². The fraction of sp³-hybridized carbons (Fsp3) is 0.444. The third kappa shape index (κ3) is 2.81. The smallest absolute Gasteiger partial charge is 0.254 e. The van der Waals surface area contributed by atoms with E-state index in [1.54, 1.807) is 11.3 Å². The van der Waals surface area contributed by atoms with E-state index in [4.69, 9.17) is 0 Å². The zero-order valence-corrected chi connectivity index (χ0v) is 9.90. The van der Waals surface area contributed by atoms with E-state index in [1.165, 1.54) is 0 Å². The van der Waals surface area contributed by atoms with Gasteiger partial charge in [0, 0.05) is 23.8 Å². The second-order valence-electron chi connectivity index (χ2n) is 2.59. The molecule has 0 aromatic carbocycles. The van der Waals surface area contributed by atoms with Crippen LogP contribution < -0.4 is 0 Å². The molecule has 0 aliphatic heterocycles. The average Bonchev–Trinajstić information content (AvgIpc) is 2.65. The molecule has 0 fully saturated rings. The van der Waals surface area contributed by atoms with Gasteiger partial charge in [0.15, 0.2) is 0 Å². The summed E-state index contributed by atoms with van der Waals surface area (Å²) in [4.78, 5) is 13.6. The number of rotatable bonds is 4. The van der Waals surface area contributed by atoms with E-state index in [1.807, 2.05) is 28.7 Å². The fourth-order valence-electron chi connectivity index (χ4n) is 1.07. The van der Waals surface area contributed by atoms with Crippen LogP contribution in [0.4, 0.5) is 0 Å². The number of thiophene rings is 1. The molecular formula is C9H12BrNOS. The predicted molar refractivity (Wildman–Crippen MR) is 59.7 cm³/mol. The second-order valence-corrected chi connectivity index (χ2v) is 4.16. The van der Waals surface area contributed by atoms with Crippen LogP contribution in [0, 0.1) is 0 Å². The number of hydrogen-bond donors (Lipinski definition) is 0. The van der Waals surface area contributed by atoms with E-state index in [0.717, 1.165) is 24.0 Å². The molecule has 0 saturated heterocycles. The van der Waals surface area contributed by atoms with Gasteiger partial charge in [-0.1, -0.05) is 15.9 Å². The standard InChI is InChI=1S/C9H12BrNOS/c1-2-11(5-4-10)9(12)8-3-6-13-7-8/h3,6-7H,2,4-5H2,1H3. The first-order valence-corrected chi connectivity index (χ1v) is 6.23. The van der Waals surface area contributed by atoms with Crippen molar-refractivity contribution in [1.82, 2.24) is 4.90 Å². The summed E-state index contributed by atoms with van der Waals surface area (Å²) in [5.41, 5.74) is 0.799. The number of halogens is 1. The van der Waals surface area contributed by atoms with Crippen LogP contribution >= 0.6 is 27.3 Å². The maximum Gasteiger partial charge on any atom is 0.254 e. The van der Waals surface area contributed by atoms with Crippen LogP contribution in [0.25, 0.3) is 0 Å². The minimum atomic E-state index is 0.128. The Morgan fingerprint density at radius 1 is 1.69 bits per heavy atom. The Hall–Kier alpha value is -0.350. The summed E-state index contributed by atoms with van der Waals surface area (Å²) in [6, 6.07) is 1.86. The van der Waals surface area contributed by atoms with Crippen LogP contribution in [0.2, 0.25) is 0 Å².